The van der Waals surface area contributed by atoms with Gasteiger partial charge in [0.15, 0.2) is 0 Å². The lowest BCUT2D eigenvalue weighted by Gasteiger charge is -2.32. The number of thiophene rings is 1. The zero-order valence-electron chi connectivity index (χ0n) is 15.1. The van der Waals surface area contributed by atoms with Crippen molar-refractivity contribution in [3.05, 3.63) is 51.9 Å². The second-order valence-electron chi connectivity index (χ2n) is 7.02. The number of rotatable bonds is 4. The Hall–Kier alpha value is -1.59. The van der Waals surface area contributed by atoms with E-state index >= 15 is 0 Å². The highest BCUT2D eigenvalue weighted by molar-refractivity contribution is 8.00. The highest BCUT2D eigenvalue weighted by Crippen LogP contribution is 2.37. The van der Waals surface area contributed by atoms with Gasteiger partial charge in [-0.25, -0.2) is 0 Å². The normalized spacial score (nSPS) is 17.3. The molecule has 4 rings (SSSR count). The van der Waals surface area contributed by atoms with Crippen molar-refractivity contribution in [3.63, 3.8) is 0 Å². The summed E-state index contributed by atoms with van der Waals surface area (Å²) < 4.78 is 1.15. The molecule has 0 atom stereocenters. The van der Waals surface area contributed by atoms with Crippen molar-refractivity contribution < 1.29 is 4.79 Å². The molecule has 0 bridgehead atoms. The number of benzene rings is 1. The summed E-state index contributed by atoms with van der Waals surface area (Å²) in [5, 5.41) is 0. The highest BCUT2D eigenvalue weighted by Gasteiger charge is 2.29. The van der Waals surface area contributed by atoms with Gasteiger partial charge in [-0.05, 0) is 37.0 Å². The summed E-state index contributed by atoms with van der Waals surface area (Å²) in [4.78, 5) is 21.0. The Bertz CT molecular complexity index is 805. The van der Waals surface area contributed by atoms with Gasteiger partial charge >= 0.3 is 0 Å². The predicted octanol–water partition coefficient (Wildman–Crippen LogP) is 4.54. The molecule has 3 heterocycles. The van der Waals surface area contributed by atoms with E-state index in [1.807, 2.05) is 6.21 Å². The van der Waals surface area contributed by atoms with Gasteiger partial charge in [0, 0.05) is 42.7 Å². The minimum absolute atomic E-state index is 0.207. The van der Waals surface area contributed by atoms with Gasteiger partial charge in [0.2, 0.25) is 0 Å². The summed E-state index contributed by atoms with van der Waals surface area (Å²) in [7, 11) is 0. The fourth-order valence-corrected chi connectivity index (χ4v) is 5.92. The van der Waals surface area contributed by atoms with Crippen LogP contribution in [0.25, 0.3) is 0 Å². The molecular weight excluding hydrogens is 360 g/mol. The topological polar surface area (TPSA) is 32.7 Å². The van der Waals surface area contributed by atoms with Gasteiger partial charge in [-0.2, -0.15) is 0 Å². The molecule has 1 aromatic carbocycles. The van der Waals surface area contributed by atoms with Gasteiger partial charge in [-0.15, -0.1) is 23.1 Å². The maximum absolute atomic E-state index is 13.2. The van der Waals surface area contributed by atoms with E-state index in [0.717, 1.165) is 60.7 Å². The first kappa shape index (κ1) is 17.8. The van der Waals surface area contributed by atoms with Crippen LogP contribution in [-0.2, 0) is 12.8 Å². The van der Waals surface area contributed by atoms with Gasteiger partial charge in [-0.3, -0.25) is 9.79 Å². The number of hydrogen-bond acceptors (Lipinski definition) is 4. The lowest BCUT2D eigenvalue weighted by atomic mass is 9.90. The van der Waals surface area contributed by atoms with E-state index in [4.69, 9.17) is 0 Å². The van der Waals surface area contributed by atoms with E-state index in [0.29, 0.717) is 5.92 Å². The average Bonchev–Trinajstić information content (AvgIpc) is 3.07. The molecule has 26 heavy (non-hydrogen) atoms. The van der Waals surface area contributed by atoms with Crippen LogP contribution in [0.3, 0.4) is 0 Å². The van der Waals surface area contributed by atoms with Gasteiger partial charge in [0.1, 0.15) is 0 Å². The summed E-state index contributed by atoms with van der Waals surface area (Å²) in [6, 6.07) is 10.7. The molecule has 0 aliphatic carbocycles. The van der Waals surface area contributed by atoms with Crippen molar-refractivity contribution in [2.75, 3.05) is 25.9 Å². The molecule has 0 spiro atoms. The molecule has 136 valence electrons. The van der Waals surface area contributed by atoms with Crippen molar-refractivity contribution in [1.29, 1.82) is 0 Å². The summed E-state index contributed by atoms with van der Waals surface area (Å²) in [5.74, 6) is 0.887. The molecule has 2 aliphatic rings. The minimum Gasteiger partial charge on any atom is -0.339 e. The number of likely N-dealkylation sites (tertiary alicyclic amines) is 1. The van der Waals surface area contributed by atoms with Crippen LogP contribution in [0.2, 0.25) is 0 Å². The molecule has 5 heteroatoms. The molecule has 3 nitrogen and oxygen atoms in total. The van der Waals surface area contributed by atoms with E-state index in [1.54, 1.807) is 23.1 Å². The Balaban J connectivity index is 1.44. The first-order valence-corrected chi connectivity index (χ1v) is 11.3. The van der Waals surface area contributed by atoms with Gasteiger partial charge in [-0.1, -0.05) is 30.3 Å². The zero-order valence-corrected chi connectivity index (χ0v) is 16.7. The lowest BCUT2D eigenvalue weighted by molar-refractivity contribution is 0.0688. The van der Waals surface area contributed by atoms with E-state index in [-0.39, 0.29) is 5.91 Å². The number of piperidine rings is 1. The third-order valence-electron chi connectivity index (χ3n) is 5.35. The Morgan fingerprint density at radius 2 is 2.04 bits per heavy atom. The standard InChI is InChI=1S/C21H24N2OS2/c1-25-21-19(17-14-22-10-7-18(17)26-21)20(24)23-11-8-16(9-12-23)13-15-5-3-2-4-6-15/h2-6,14,16H,7-13H2,1H3. The second-order valence-corrected chi connectivity index (χ2v) is 9.20. The number of hydrogen-bond donors (Lipinski definition) is 0. The fourth-order valence-electron chi connectivity index (χ4n) is 3.90. The predicted molar refractivity (Wildman–Crippen MR) is 111 cm³/mol. The van der Waals surface area contributed by atoms with Crippen molar-refractivity contribution in [2.45, 2.75) is 29.9 Å². The summed E-state index contributed by atoms with van der Waals surface area (Å²) in [6.45, 7) is 2.58. The van der Waals surface area contributed by atoms with Crippen LogP contribution in [0.5, 0.6) is 0 Å². The molecule has 2 aromatic rings. The molecular formula is C21H24N2OS2. The van der Waals surface area contributed by atoms with E-state index < -0.39 is 0 Å². The van der Waals surface area contributed by atoms with Crippen LogP contribution in [-0.4, -0.2) is 42.9 Å². The van der Waals surface area contributed by atoms with Gasteiger partial charge in [0.05, 0.1) is 9.77 Å². The molecule has 0 radical (unpaired) electrons. The van der Waals surface area contributed by atoms with Crippen LogP contribution < -0.4 is 0 Å². The van der Waals surface area contributed by atoms with Crippen molar-refractivity contribution in [1.82, 2.24) is 4.90 Å². The fraction of sp³-hybridized carbons (Fsp3) is 0.429. The van der Waals surface area contributed by atoms with E-state index in [2.05, 4.69) is 46.5 Å². The van der Waals surface area contributed by atoms with Crippen LogP contribution in [0.15, 0.2) is 39.5 Å². The van der Waals surface area contributed by atoms with Crippen LogP contribution in [0, 0.1) is 5.92 Å². The number of thioether (sulfide) groups is 1. The number of amides is 1. The van der Waals surface area contributed by atoms with Crippen molar-refractivity contribution >= 4 is 35.2 Å². The maximum Gasteiger partial charge on any atom is 0.256 e. The summed E-state index contributed by atoms with van der Waals surface area (Å²) in [6.07, 6.45) is 8.27. The zero-order chi connectivity index (χ0) is 17.9. The Morgan fingerprint density at radius 1 is 1.27 bits per heavy atom. The van der Waals surface area contributed by atoms with Crippen LogP contribution in [0.4, 0.5) is 0 Å². The van der Waals surface area contributed by atoms with Gasteiger partial charge < -0.3 is 4.90 Å². The second kappa shape index (κ2) is 7.97. The molecule has 1 aromatic heterocycles. The summed E-state index contributed by atoms with van der Waals surface area (Å²) >= 11 is 3.47. The molecule has 1 saturated heterocycles. The third kappa shape index (κ3) is 3.60. The number of carbonyl (C=O) groups is 1. The minimum atomic E-state index is 0.207. The first-order chi connectivity index (χ1) is 12.8. The number of fused-ring (bicyclic) bond motifs is 1. The van der Waals surface area contributed by atoms with Crippen LogP contribution in [0.1, 0.15) is 39.2 Å². The van der Waals surface area contributed by atoms with E-state index in [1.165, 1.54) is 10.4 Å². The quantitative estimate of drug-likeness (QED) is 0.725. The first-order valence-electron chi connectivity index (χ1n) is 9.29. The molecule has 2 aliphatic heterocycles. The van der Waals surface area contributed by atoms with Crippen molar-refractivity contribution in [3.8, 4) is 0 Å². The molecule has 1 fully saturated rings. The maximum atomic E-state index is 13.2. The molecule has 0 unspecified atom stereocenters. The Labute approximate surface area is 163 Å². The third-order valence-corrected chi connectivity index (χ3v) is 7.73. The molecule has 1 amide bonds. The number of carbonyl (C=O) groups excluding carboxylic acids is 1. The van der Waals surface area contributed by atoms with Gasteiger partial charge in [0.25, 0.3) is 5.91 Å². The average molecular weight is 385 g/mol. The smallest absolute Gasteiger partial charge is 0.256 e. The number of nitrogens with zero attached hydrogens (tertiary/aromatic N) is 2. The van der Waals surface area contributed by atoms with Crippen molar-refractivity contribution in [2.24, 2.45) is 10.9 Å². The SMILES string of the molecule is CSc1sc2c(c1C(=O)N1CCC(Cc3ccccc3)CC1)C=NCC2. The Morgan fingerprint density at radius 3 is 2.77 bits per heavy atom. The van der Waals surface area contributed by atoms with Crippen LogP contribution >= 0.6 is 23.1 Å². The van der Waals surface area contributed by atoms with E-state index in [9.17, 15) is 4.79 Å². The lowest BCUT2D eigenvalue weighted by Crippen LogP contribution is -2.39. The summed E-state index contributed by atoms with van der Waals surface area (Å²) in [5.41, 5.74) is 3.40. The molecule has 0 saturated carbocycles. The Kier molecular flexibility index (Phi) is 5.46. The molecule has 0 N–H and O–H groups in total. The highest BCUT2D eigenvalue weighted by atomic mass is 32.2. The monoisotopic (exact) mass is 384 g/mol. The number of aliphatic imine (C=N–C) groups is 1. The largest absolute Gasteiger partial charge is 0.339 e.